The summed E-state index contributed by atoms with van der Waals surface area (Å²) in [6.45, 7) is 2.06. The molecule has 0 atom stereocenters. The van der Waals surface area contributed by atoms with Crippen molar-refractivity contribution in [3.63, 3.8) is 0 Å². The molecule has 1 aliphatic rings. The van der Waals surface area contributed by atoms with Crippen LogP contribution in [0.15, 0.2) is 10.9 Å². The Morgan fingerprint density at radius 3 is 2.94 bits per heavy atom. The molecule has 0 bridgehead atoms. The molecule has 4 nitrogen and oxygen atoms in total. The lowest BCUT2D eigenvalue weighted by atomic mass is 9.92. The summed E-state index contributed by atoms with van der Waals surface area (Å²) in [5.41, 5.74) is 1.96. The van der Waals surface area contributed by atoms with Gasteiger partial charge in [-0.15, -0.1) is 0 Å². The number of ether oxygens (including phenoxy) is 1. The lowest BCUT2D eigenvalue weighted by Crippen LogP contribution is -2.23. The van der Waals surface area contributed by atoms with Gasteiger partial charge in [0.2, 0.25) is 0 Å². The second kappa shape index (κ2) is 4.51. The molecule has 0 aromatic carbocycles. The van der Waals surface area contributed by atoms with Gasteiger partial charge in [0.1, 0.15) is 5.69 Å². The SMILES string of the molecule is CCOC(=O)c1cc2c(c(=O)[nH]1)CCCC2. The Kier molecular flexibility index (Phi) is 3.08. The lowest BCUT2D eigenvalue weighted by Gasteiger charge is -2.15. The van der Waals surface area contributed by atoms with Gasteiger partial charge in [-0.1, -0.05) is 0 Å². The maximum absolute atomic E-state index is 11.7. The number of fused-ring (bicyclic) bond motifs is 1. The molecule has 16 heavy (non-hydrogen) atoms. The fraction of sp³-hybridized carbons (Fsp3) is 0.500. The van der Waals surface area contributed by atoms with Gasteiger partial charge < -0.3 is 9.72 Å². The topological polar surface area (TPSA) is 59.2 Å². The third kappa shape index (κ3) is 2.01. The molecule has 4 heteroatoms. The molecule has 0 fully saturated rings. The van der Waals surface area contributed by atoms with Gasteiger partial charge in [-0.25, -0.2) is 4.79 Å². The number of H-pyrrole nitrogens is 1. The summed E-state index contributed by atoms with van der Waals surface area (Å²) in [6.07, 6.45) is 3.83. The predicted octanol–water partition coefficient (Wildman–Crippen LogP) is 1.43. The summed E-state index contributed by atoms with van der Waals surface area (Å²) < 4.78 is 4.86. The number of carbonyl (C=O) groups is 1. The van der Waals surface area contributed by atoms with Gasteiger partial charge in [0.05, 0.1) is 6.61 Å². The Balaban J connectivity index is 2.39. The summed E-state index contributed by atoms with van der Waals surface area (Å²) in [5.74, 6) is -0.451. The highest BCUT2D eigenvalue weighted by Gasteiger charge is 2.16. The van der Waals surface area contributed by atoms with Gasteiger partial charge in [0.25, 0.3) is 5.56 Å². The van der Waals surface area contributed by atoms with Crippen LogP contribution in [0.3, 0.4) is 0 Å². The highest BCUT2D eigenvalue weighted by Crippen LogP contribution is 2.18. The fourth-order valence-electron chi connectivity index (χ4n) is 2.07. The Labute approximate surface area is 93.6 Å². The predicted molar refractivity (Wildman–Crippen MR) is 59.7 cm³/mol. The molecule has 2 rings (SSSR count). The fourth-order valence-corrected chi connectivity index (χ4v) is 2.07. The number of esters is 1. The van der Waals surface area contributed by atoms with E-state index in [1.165, 1.54) is 0 Å². The van der Waals surface area contributed by atoms with E-state index < -0.39 is 5.97 Å². The van der Waals surface area contributed by atoms with Gasteiger partial charge in [-0.3, -0.25) is 4.79 Å². The average molecular weight is 221 g/mol. The largest absolute Gasteiger partial charge is 0.461 e. The number of aromatic amines is 1. The van der Waals surface area contributed by atoms with E-state index in [9.17, 15) is 9.59 Å². The van der Waals surface area contributed by atoms with Crippen molar-refractivity contribution in [3.05, 3.63) is 33.2 Å². The van der Waals surface area contributed by atoms with Gasteiger partial charge in [-0.2, -0.15) is 0 Å². The molecule has 1 aromatic rings. The van der Waals surface area contributed by atoms with Crippen molar-refractivity contribution in [1.82, 2.24) is 4.98 Å². The molecule has 0 saturated carbocycles. The van der Waals surface area contributed by atoms with Crippen LogP contribution < -0.4 is 5.56 Å². The van der Waals surface area contributed by atoms with Gasteiger partial charge in [0, 0.05) is 5.56 Å². The van der Waals surface area contributed by atoms with E-state index in [-0.39, 0.29) is 11.3 Å². The smallest absolute Gasteiger partial charge is 0.354 e. The van der Waals surface area contributed by atoms with Crippen molar-refractivity contribution in [2.75, 3.05) is 6.61 Å². The summed E-state index contributed by atoms with van der Waals surface area (Å²) >= 11 is 0. The van der Waals surface area contributed by atoms with Crippen LogP contribution in [-0.2, 0) is 17.6 Å². The van der Waals surface area contributed by atoms with E-state index >= 15 is 0 Å². The van der Waals surface area contributed by atoms with E-state index in [1.807, 2.05) is 0 Å². The monoisotopic (exact) mass is 221 g/mol. The standard InChI is InChI=1S/C12H15NO3/c1-2-16-12(15)10-7-8-5-3-4-6-9(8)11(14)13-10/h7H,2-6H2,1H3,(H,13,14). The van der Waals surface area contributed by atoms with Crippen molar-refractivity contribution in [2.24, 2.45) is 0 Å². The van der Waals surface area contributed by atoms with Crippen molar-refractivity contribution >= 4 is 5.97 Å². The van der Waals surface area contributed by atoms with Gasteiger partial charge in [0.15, 0.2) is 0 Å². The van der Waals surface area contributed by atoms with E-state index in [2.05, 4.69) is 4.98 Å². The second-order valence-electron chi connectivity index (χ2n) is 3.94. The molecule has 0 radical (unpaired) electrons. The Hall–Kier alpha value is -1.58. The van der Waals surface area contributed by atoms with E-state index in [0.717, 1.165) is 36.8 Å². The first kappa shape index (κ1) is 10.9. The molecule has 1 heterocycles. The van der Waals surface area contributed by atoms with Gasteiger partial charge >= 0.3 is 5.97 Å². The molecule has 1 N–H and O–H groups in total. The van der Waals surface area contributed by atoms with Gasteiger partial charge in [-0.05, 0) is 44.2 Å². The first-order chi connectivity index (χ1) is 7.72. The minimum absolute atomic E-state index is 0.139. The Morgan fingerprint density at radius 2 is 2.19 bits per heavy atom. The van der Waals surface area contributed by atoms with E-state index in [0.29, 0.717) is 6.61 Å². The summed E-state index contributed by atoms with van der Waals surface area (Å²) in [7, 11) is 0. The first-order valence-corrected chi connectivity index (χ1v) is 5.64. The van der Waals surface area contributed by atoms with Crippen LogP contribution in [0.4, 0.5) is 0 Å². The zero-order valence-electron chi connectivity index (χ0n) is 9.34. The quantitative estimate of drug-likeness (QED) is 0.768. The minimum Gasteiger partial charge on any atom is -0.461 e. The second-order valence-corrected chi connectivity index (χ2v) is 3.94. The number of pyridine rings is 1. The van der Waals surface area contributed by atoms with Crippen LogP contribution in [0, 0.1) is 0 Å². The van der Waals surface area contributed by atoms with Crippen molar-refractivity contribution in [2.45, 2.75) is 32.6 Å². The van der Waals surface area contributed by atoms with Crippen LogP contribution in [0.25, 0.3) is 0 Å². The number of hydrogen-bond acceptors (Lipinski definition) is 3. The molecule has 1 aromatic heterocycles. The third-order valence-corrected chi connectivity index (χ3v) is 2.85. The highest BCUT2D eigenvalue weighted by molar-refractivity contribution is 5.87. The Bertz CT molecular complexity index is 462. The summed E-state index contributed by atoms with van der Waals surface area (Å²) in [4.78, 5) is 25.8. The van der Waals surface area contributed by atoms with Crippen molar-refractivity contribution in [1.29, 1.82) is 0 Å². The number of hydrogen-bond donors (Lipinski definition) is 1. The summed E-state index contributed by atoms with van der Waals surface area (Å²) in [5, 5.41) is 0. The minimum atomic E-state index is -0.451. The van der Waals surface area contributed by atoms with Crippen LogP contribution >= 0.6 is 0 Å². The van der Waals surface area contributed by atoms with Crippen LogP contribution in [0.5, 0.6) is 0 Å². The zero-order valence-corrected chi connectivity index (χ0v) is 9.34. The number of rotatable bonds is 2. The van der Waals surface area contributed by atoms with Crippen LogP contribution in [0.2, 0.25) is 0 Å². The normalized spacial score (nSPS) is 14.3. The number of nitrogens with one attached hydrogen (secondary N) is 1. The molecule has 1 aliphatic carbocycles. The molecular formula is C12H15NO3. The Morgan fingerprint density at radius 1 is 1.44 bits per heavy atom. The third-order valence-electron chi connectivity index (χ3n) is 2.85. The number of aromatic nitrogens is 1. The average Bonchev–Trinajstić information content (AvgIpc) is 2.29. The van der Waals surface area contributed by atoms with Crippen LogP contribution in [-0.4, -0.2) is 17.6 Å². The number of aryl methyl sites for hydroxylation is 1. The van der Waals surface area contributed by atoms with Crippen LogP contribution in [0.1, 0.15) is 41.4 Å². The molecule has 86 valence electrons. The number of carbonyl (C=O) groups excluding carboxylic acids is 1. The molecule has 0 spiro atoms. The lowest BCUT2D eigenvalue weighted by molar-refractivity contribution is 0.0519. The maximum atomic E-state index is 11.7. The zero-order chi connectivity index (χ0) is 11.5. The molecule has 0 unspecified atom stereocenters. The maximum Gasteiger partial charge on any atom is 0.354 e. The molecule has 0 saturated heterocycles. The van der Waals surface area contributed by atoms with E-state index in [4.69, 9.17) is 4.74 Å². The highest BCUT2D eigenvalue weighted by atomic mass is 16.5. The molecule has 0 aliphatic heterocycles. The summed E-state index contributed by atoms with van der Waals surface area (Å²) in [6, 6.07) is 1.76. The van der Waals surface area contributed by atoms with Crippen molar-refractivity contribution < 1.29 is 9.53 Å². The van der Waals surface area contributed by atoms with E-state index in [1.54, 1.807) is 13.0 Å². The molecular weight excluding hydrogens is 206 g/mol. The van der Waals surface area contributed by atoms with Crippen molar-refractivity contribution in [3.8, 4) is 0 Å². The molecule has 0 amide bonds. The first-order valence-electron chi connectivity index (χ1n) is 5.64.